The summed E-state index contributed by atoms with van der Waals surface area (Å²) in [5, 5.41) is 0. The van der Waals surface area contributed by atoms with E-state index in [1.807, 2.05) is 25.7 Å². The van der Waals surface area contributed by atoms with Crippen molar-refractivity contribution in [2.24, 2.45) is 52.1 Å². The first-order chi connectivity index (χ1) is 18.3. The van der Waals surface area contributed by atoms with Gasteiger partial charge in [-0.3, -0.25) is 0 Å². The first-order valence-corrected chi connectivity index (χ1v) is 16.7. The zero-order valence-electron chi connectivity index (χ0n) is 26.9. The van der Waals surface area contributed by atoms with Crippen LogP contribution in [0.4, 0.5) is 4.79 Å². The third-order valence-corrected chi connectivity index (χ3v) is 12.0. The van der Waals surface area contributed by atoms with E-state index in [-0.39, 0.29) is 12.1 Å². The molecule has 0 aliphatic heterocycles. The second-order valence-electron chi connectivity index (χ2n) is 16.0. The maximum Gasteiger partial charge on any atom is 0.410 e. The van der Waals surface area contributed by atoms with Crippen LogP contribution in [0.1, 0.15) is 132 Å². The van der Waals surface area contributed by atoms with E-state index in [1.165, 1.54) is 57.8 Å². The minimum absolute atomic E-state index is 0.160. The molecule has 8 atom stereocenters. The molecule has 4 aliphatic carbocycles. The molecule has 0 spiro atoms. The Morgan fingerprint density at radius 3 is 2.46 bits per heavy atom. The molecule has 0 radical (unpaired) electrons. The van der Waals surface area contributed by atoms with Crippen molar-refractivity contribution in [3.05, 3.63) is 11.6 Å². The molecule has 3 fully saturated rings. The standard InChI is InChI=1S/C35H62N2O2/c1-24(2)11-9-12-25(3)29-15-16-30-28-14-13-26-23-27(37(22-10-21-36)32(38)39-33(4,5)6)17-19-34(26,7)31(28)18-20-35(29,30)8/h13,24-25,27-31H,9-12,14-23,36H2,1-8H3/t25?,27-,28?,29+,30?,31?,34-,35+/m0/s1. The molecule has 0 bridgehead atoms. The first-order valence-electron chi connectivity index (χ1n) is 16.7. The van der Waals surface area contributed by atoms with E-state index in [0.717, 1.165) is 54.8 Å². The number of hydrogen-bond acceptors (Lipinski definition) is 3. The molecule has 1 amide bonds. The molecule has 4 aliphatic rings. The largest absolute Gasteiger partial charge is 0.444 e. The van der Waals surface area contributed by atoms with E-state index in [9.17, 15) is 4.79 Å². The van der Waals surface area contributed by atoms with Gasteiger partial charge in [0.25, 0.3) is 0 Å². The van der Waals surface area contributed by atoms with Gasteiger partial charge < -0.3 is 15.4 Å². The Labute approximate surface area is 241 Å². The smallest absolute Gasteiger partial charge is 0.410 e. The van der Waals surface area contributed by atoms with E-state index in [4.69, 9.17) is 10.5 Å². The molecule has 4 unspecified atom stereocenters. The van der Waals surface area contributed by atoms with E-state index in [0.29, 0.717) is 23.9 Å². The van der Waals surface area contributed by atoms with Gasteiger partial charge in [0.1, 0.15) is 5.60 Å². The Morgan fingerprint density at radius 1 is 1.05 bits per heavy atom. The van der Waals surface area contributed by atoms with Crippen molar-refractivity contribution in [3.8, 4) is 0 Å². The number of rotatable bonds is 9. The molecule has 0 heterocycles. The van der Waals surface area contributed by atoms with E-state index in [2.05, 4.69) is 40.7 Å². The predicted molar refractivity (Wildman–Crippen MR) is 163 cm³/mol. The maximum absolute atomic E-state index is 13.2. The van der Waals surface area contributed by atoms with E-state index >= 15 is 0 Å². The first kappa shape index (κ1) is 30.9. The molecule has 3 saturated carbocycles. The highest BCUT2D eigenvalue weighted by Gasteiger charge is 2.59. The lowest BCUT2D eigenvalue weighted by molar-refractivity contribution is -0.0556. The van der Waals surface area contributed by atoms with Crippen LogP contribution < -0.4 is 5.73 Å². The summed E-state index contributed by atoms with van der Waals surface area (Å²) < 4.78 is 5.85. The van der Waals surface area contributed by atoms with Crippen LogP contribution >= 0.6 is 0 Å². The number of ether oxygens (including phenoxy) is 1. The van der Waals surface area contributed by atoms with E-state index in [1.54, 1.807) is 5.57 Å². The minimum atomic E-state index is -0.474. The van der Waals surface area contributed by atoms with Crippen LogP contribution in [0.2, 0.25) is 0 Å². The molecule has 0 aromatic carbocycles. The molecular formula is C35H62N2O2. The zero-order chi connectivity index (χ0) is 28.6. The highest BCUT2D eigenvalue weighted by molar-refractivity contribution is 5.68. The fourth-order valence-corrected chi connectivity index (χ4v) is 9.94. The lowest BCUT2D eigenvalue weighted by Crippen LogP contribution is -2.53. The number of amides is 1. The Morgan fingerprint density at radius 2 is 1.79 bits per heavy atom. The van der Waals surface area contributed by atoms with Crippen molar-refractivity contribution in [2.45, 2.75) is 144 Å². The lowest BCUT2D eigenvalue weighted by Gasteiger charge is -2.59. The summed E-state index contributed by atoms with van der Waals surface area (Å²) in [5.41, 5.74) is 7.86. The molecule has 39 heavy (non-hydrogen) atoms. The second-order valence-corrected chi connectivity index (χ2v) is 16.0. The molecule has 0 saturated heterocycles. The quantitative estimate of drug-likeness (QED) is 0.296. The molecule has 2 N–H and O–H groups in total. The summed E-state index contributed by atoms with van der Waals surface area (Å²) in [7, 11) is 0. The van der Waals surface area contributed by atoms with Gasteiger partial charge >= 0.3 is 6.09 Å². The van der Waals surface area contributed by atoms with Crippen molar-refractivity contribution in [2.75, 3.05) is 13.1 Å². The summed E-state index contributed by atoms with van der Waals surface area (Å²) in [5.74, 6) is 5.16. The molecule has 0 aromatic rings. The van der Waals surface area contributed by atoms with Gasteiger partial charge in [-0.15, -0.1) is 0 Å². The zero-order valence-corrected chi connectivity index (χ0v) is 26.9. The summed E-state index contributed by atoms with van der Waals surface area (Å²) >= 11 is 0. The average molecular weight is 543 g/mol. The summed E-state index contributed by atoms with van der Waals surface area (Å²) in [6, 6.07) is 0.235. The number of fused-ring (bicyclic) bond motifs is 5. The Kier molecular flexibility index (Phi) is 9.56. The number of allylic oxidation sites excluding steroid dienone is 1. The van der Waals surface area contributed by atoms with Gasteiger partial charge in [-0.05, 0) is 131 Å². The highest BCUT2D eigenvalue weighted by atomic mass is 16.6. The van der Waals surface area contributed by atoms with Crippen molar-refractivity contribution in [3.63, 3.8) is 0 Å². The topological polar surface area (TPSA) is 55.6 Å². The summed E-state index contributed by atoms with van der Waals surface area (Å²) in [6.07, 6.45) is 17.8. The normalized spacial score (nSPS) is 37.0. The molecule has 224 valence electrons. The van der Waals surface area contributed by atoms with Gasteiger partial charge in [-0.25, -0.2) is 4.79 Å². The molecule has 0 aromatic heterocycles. The molecular weight excluding hydrogens is 480 g/mol. The van der Waals surface area contributed by atoms with Gasteiger partial charge in [-0.2, -0.15) is 0 Å². The fraction of sp³-hybridized carbons (Fsp3) is 0.914. The minimum Gasteiger partial charge on any atom is -0.444 e. The van der Waals surface area contributed by atoms with Crippen LogP contribution in [0.25, 0.3) is 0 Å². The van der Waals surface area contributed by atoms with Gasteiger partial charge in [0.05, 0.1) is 0 Å². The van der Waals surface area contributed by atoms with Crippen LogP contribution in [0, 0.1) is 46.3 Å². The van der Waals surface area contributed by atoms with Crippen LogP contribution in [0.15, 0.2) is 11.6 Å². The Balaban J connectivity index is 1.47. The van der Waals surface area contributed by atoms with Crippen LogP contribution in [0.3, 0.4) is 0 Å². The maximum atomic E-state index is 13.2. The van der Waals surface area contributed by atoms with Crippen molar-refractivity contribution in [1.29, 1.82) is 0 Å². The predicted octanol–water partition coefficient (Wildman–Crippen LogP) is 8.98. The lowest BCUT2D eigenvalue weighted by atomic mass is 9.46. The number of carbonyl (C=O) groups excluding carboxylic acids is 1. The Bertz CT molecular complexity index is 874. The highest BCUT2D eigenvalue weighted by Crippen LogP contribution is 2.67. The summed E-state index contributed by atoms with van der Waals surface area (Å²) in [4.78, 5) is 15.2. The molecule has 4 rings (SSSR count). The number of carbonyl (C=O) groups is 1. The van der Waals surface area contributed by atoms with E-state index < -0.39 is 5.60 Å². The van der Waals surface area contributed by atoms with Crippen molar-refractivity contribution in [1.82, 2.24) is 4.90 Å². The van der Waals surface area contributed by atoms with Crippen LogP contribution in [-0.2, 0) is 4.74 Å². The third-order valence-electron chi connectivity index (χ3n) is 12.0. The van der Waals surface area contributed by atoms with Crippen LogP contribution in [0.5, 0.6) is 0 Å². The van der Waals surface area contributed by atoms with Gasteiger partial charge in [0.2, 0.25) is 0 Å². The summed E-state index contributed by atoms with van der Waals surface area (Å²) in [6.45, 7) is 19.8. The third kappa shape index (κ3) is 6.41. The van der Waals surface area contributed by atoms with Crippen LogP contribution in [-0.4, -0.2) is 35.7 Å². The molecule has 4 nitrogen and oxygen atoms in total. The van der Waals surface area contributed by atoms with Crippen molar-refractivity contribution < 1.29 is 9.53 Å². The number of nitrogens with zero attached hydrogens (tertiary/aromatic N) is 1. The van der Waals surface area contributed by atoms with Crippen molar-refractivity contribution >= 4 is 6.09 Å². The number of nitrogens with two attached hydrogens (primary N) is 1. The number of hydrogen-bond donors (Lipinski definition) is 1. The second kappa shape index (κ2) is 12.1. The van der Waals surface area contributed by atoms with Gasteiger partial charge in [0, 0.05) is 12.6 Å². The van der Waals surface area contributed by atoms with Gasteiger partial charge in [-0.1, -0.05) is 65.5 Å². The average Bonchev–Trinajstić information content (AvgIpc) is 3.20. The monoisotopic (exact) mass is 542 g/mol. The SMILES string of the molecule is CC(C)CCCC(C)[C@H]1CCC2C3CC=C4C[C@@H](N(CCCN)C(=O)OC(C)(C)C)CC[C@]4(C)C3CC[C@@]21C. The molecule has 4 heteroatoms. The van der Waals surface area contributed by atoms with Gasteiger partial charge in [0.15, 0.2) is 0 Å². The Hall–Kier alpha value is -1.03. The fourth-order valence-electron chi connectivity index (χ4n) is 9.94.